The maximum atomic E-state index is 14.1. The zero-order chi connectivity index (χ0) is 75.7. The van der Waals surface area contributed by atoms with E-state index in [9.17, 15) is 112 Å². The number of carbonyl (C=O) groups excluding carboxylic acids is 14. The van der Waals surface area contributed by atoms with Crippen LogP contribution < -0.4 is 86.7 Å². The number of rotatable bonds is 46. The van der Waals surface area contributed by atoms with Crippen molar-refractivity contribution in [1.29, 1.82) is 0 Å². The minimum atomic E-state index is -2.25. The lowest BCUT2D eigenvalue weighted by Gasteiger charge is -2.27. The summed E-state index contributed by atoms with van der Waals surface area (Å²) in [6, 6.07) is -15.0. The van der Waals surface area contributed by atoms with E-state index in [1.807, 2.05) is 16.0 Å². The van der Waals surface area contributed by atoms with Crippen LogP contribution in [0.4, 0.5) is 0 Å². The Balaban J connectivity index is 2.39. The fourth-order valence-corrected chi connectivity index (χ4v) is 9.07. The topological polar surface area (TPSA) is 686 Å². The van der Waals surface area contributed by atoms with Gasteiger partial charge in [-0.05, 0) is 64.5 Å². The predicted molar refractivity (Wildman–Crippen MR) is 342 cm³/mol. The fraction of sp³-hybridized carbons (Fsp3) is 0.542. The first-order valence-corrected chi connectivity index (χ1v) is 31.0. The average Bonchev–Trinajstić information content (AvgIpc) is 1.01. The first-order valence-electron chi connectivity index (χ1n) is 31.0. The van der Waals surface area contributed by atoms with E-state index in [0.29, 0.717) is 18.4 Å². The molecule has 2 rings (SSSR count). The van der Waals surface area contributed by atoms with E-state index in [4.69, 9.17) is 22.9 Å². The number of aliphatic hydroxyl groups excluding tert-OH is 1. The van der Waals surface area contributed by atoms with Crippen LogP contribution in [0, 0.1) is 5.92 Å². The molecule has 0 saturated carbocycles. The molecule has 0 unspecified atom stereocenters. The number of hydrogen-bond donors (Lipinski definition) is 22. The number of unbranched alkanes of at least 4 members (excludes halogenated alkanes) is 1. The van der Waals surface area contributed by atoms with Gasteiger partial charge in [-0.2, -0.15) is 0 Å². The highest BCUT2D eigenvalue weighted by Crippen LogP contribution is 2.11. The van der Waals surface area contributed by atoms with Gasteiger partial charge in [0.25, 0.3) is 0 Å². The van der Waals surface area contributed by atoms with Crippen molar-refractivity contribution in [3.8, 4) is 0 Å². The molecule has 552 valence electrons. The molecule has 26 N–H and O–H groups in total. The molecule has 100 heavy (non-hydrogen) atoms. The van der Waals surface area contributed by atoms with Gasteiger partial charge < -0.3 is 117 Å². The number of imidazole rings is 1. The number of amides is 14. The molecule has 0 aliphatic rings. The number of carbonyl (C=O) groups is 18. The molecule has 0 bridgehead atoms. The van der Waals surface area contributed by atoms with Crippen LogP contribution in [0.3, 0.4) is 0 Å². The first-order chi connectivity index (χ1) is 46.8. The zero-order valence-corrected chi connectivity index (χ0v) is 55.2. The SMILES string of the molecule is CC(C)C[C@H](NC(=O)[C@H](C)NC(=O)[C@H](CC(=O)O)NC(=O)[C@H](CC(=O)O)NC(=O)[C@H](CC(N)=O)NC(=O)[C@H](Cc1cnc[nH]1)NC(=O)[C@H](CO)NC(=O)[C@H](CC(N)=O)NC(=O)[C@H](C)NC(=O)[C@H](CC(=O)O)NC(=O)[C@H](Cc1ccccc1)NC(=O)[C@H](CCCCN)NC(=O)[C@H](C)N)C(=O)O. The molecule has 2 aromatic rings. The average molecular weight is 1420 g/mol. The third-order valence-corrected chi connectivity index (χ3v) is 14.3. The maximum absolute atomic E-state index is 14.1. The van der Waals surface area contributed by atoms with Gasteiger partial charge >= 0.3 is 23.9 Å². The van der Waals surface area contributed by atoms with E-state index in [1.165, 1.54) is 6.92 Å². The quantitative estimate of drug-likeness (QED) is 0.0274. The summed E-state index contributed by atoms with van der Waals surface area (Å²) in [7, 11) is 0. The number of carboxylic acid groups (broad SMARTS) is 4. The van der Waals surface area contributed by atoms with Crippen LogP contribution in [0.25, 0.3) is 0 Å². The van der Waals surface area contributed by atoms with Crippen molar-refractivity contribution in [3.63, 3.8) is 0 Å². The molecule has 41 nitrogen and oxygen atoms in total. The number of primary amides is 2. The molecule has 0 spiro atoms. The van der Waals surface area contributed by atoms with E-state index < -0.39 is 230 Å². The second kappa shape index (κ2) is 42.4. The Morgan fingerprint density at radius 1 is 0.430 bits per heavy atom. The number of nitrogens with zero attached hydrogens (tertiary/aromatic N) is 1. The lowest BCUT2D eigenvalue weighted by molar-refractivity contribution is -0.144. The van der Waals surface area contributed by atoms with Crippen LogP contribution in [-0.2, 0) is 99.1 Å². The number of benzene rings is 1. The molecule has 0 saturated heterocycles. The molecule has 14 amide bonds. The highest BCUT2D eigenvalue weighted by Gasteiger charge is 2.38. The molecule has 13 atom stereocenters. The molecule has 0 fully saturated rings. The molecule has 0 aliphatic carbocycles. The lowest BCUT2D eigenvalue weighted by Crippen LogP contribution is -2.62. The van der Waals surface area contributed by atoms with Crippen molar-refractivity contribution in [1.82, 2.24) is 73.8 Å². The van der Waals surface area contributed by atoms with E-state index in [-0.39, 0.29) is 37.4 Å². The summed E-state index contributed by atoms with van der Waals surface area (Å²) in [5.41, 5.74) is 22.6. The predicted octanol–water partition coefficient (Wildman–Crippen LogP) is -9.17. The van der Waals surface area contributed by atoms with Gasteiger partial charge in [0.15, 0.2) is 0 Å². The van der Waals surface area contributed by atoms with Crippen molar-refractivity contribution < 1.29 is 112 Å². The normalized spacial score (nSPS) is 14.8. The first kappa shape index (κ1) is 84.9. The minimum Gasteiger partial charge on any atom is -0.481 e. The molecular formula is C59H88N18O23. The second-order valence-electron chi connectivity index (χ2n) is 23.4. The van der Waals surface area contributed by atoms with Crippen LogP contribution in [0.5, 0.6) is 0 Å². The van der Waals surface area contributed by atoms with Gasteiger partial charge in [-0.3, -0.25) is 81.5 Å². The number of aromatic amines is 1. The second-order valence-corrected chi connectivity index (χ2v) is 23.4. The van der Waals surface area contributed by atoms with Crippen molar-refractivity contribution in [2.24, 2.45) is 28.9 Å². The third kappa shape index (κ3) is 31.3. The van der Waals surface area contributed by atoms with Crippen LogP contribution >= 0.6 is 0 Å². The number of nitrogens with one attached hydrogen (secondary N) is 13. The standard InChI is InChI=1S/C59H88N18O23/c1-26(2)15-40(59(99)100)76-49(89)29(5)67-52(92)38(21-45(83)84)74-57(97)39(22-46(85)86)75-55(95)36(19-43(63)80)72-54(94)34(17-31-23-64-25-65-31)71-58(98)41(24-78)77-56(96)35(18-42(62)79)69-48(88)28(4)66-51(91)37(20-44(81)82)73-53(93)33(16-30-11-7-6-8-12-30)70-50(90)32(13-9-10-14-60)68-47(87)27(3)61/h6-8,11-12,23,25-29,32-41,78H,9-10,13-22,24,60-61H2,1-5H3,(H2,62,79)(H2,63,80)(H,64,65)(H,66,91)(H,67,92)(H,68,87)(H,69,88)(H,70,90)(H,71,98)(H,72,94)(H,73,93)(H,74,97)(H,75,95)(H,76,89)(H,77,96)(H,81,82)(H,83,84)(H,85,86)(H,99,100)/t27-,28-,29-,32-,33-,34-,35-,36-,37-,38-,39-,40-,41-/m0/s1. The van der Waals surface area contributed by atoms with Crippen LogP contribution in [0.1, 0.15) is 104 Å². The summed E-state index contributed by atoms with van der Waals surface area (Å²) >= 11 is 0. The van der Waals surface area contributed by atoms with Crippen molar-refractivity contribution in [3.05, 3.63) is 54.1 Å². The van der Waals surface area contributed by atoms with Gasteiger partial charge in [0.1, 0.15) is 72.5 Å². The molecule has 1 heterocycles. The van der Waals surface area contributed by atoms with E-state index in [0.717, 1.165) is 26.4 Å². The van der Waals surface area contributed by atoms with Gasteiger partial charge in [0.05, 0.1) is 51.1 Å². The summed E-state index contributed by atoms with van der Waals surface area (Å²) in [5, 5.41) is 75.2. The smallest absolute Gasteiger partial charge is 0.326 e. The van der Waals surface area contributed by atoms with Crippen molar-refractivity contribution in [2.75, 3.05) is 13.2 Å². The Bertz CT molecular complexity index is 3250. The maximum Gasteiger partial charge on any atom is 0.326 e. The third-order valence-electron chi connectivity index (χ3n) is 14.3. The Labute approximate surface area is 570 Å². The van der Waals surface area contributed by atoms with E-state index in [1.54, 1.807) is 44.2 Å². The monoisotopic (exact) mass is 1420 g/mol. The number of H-pyrrole nitrogens is 1. The van der Waals surface area contributed by atoms with Gasteiger partial charge in [0, 0.05) is 24.7 Å². The highest BCUT2D eigenvalue weighted by atomic mass is 16.4. The van der Waals surface area contributed by atoms with Crippen molar-refractivity contribution >= 4 is 107 Å². The van der Waals surface area contributed by atoms with Gasteiger partial charge in [-0.1, -0.05) is 44.2 Å². The molecule has 41 heteroatoms. The lowest BCUT2D eigenvalue weighted by atomic mass is 10.0. The van der Waals surface area contributed by atoms with Crippen molar-refractivity contribution in [2.45, 2.75) is 184 Å². The molecule has 1 aromatic carbocycles. The molecule has 0 aliphatic heterocycles. The summed E-state index contributed by atoms with van der Waals surface area (Å²) in [4.78, 5) is 242. The zero-order valence-electron chi connectivity index (χ0n) is 55.2. The molecular weight excluding hydrogens is 1330 g/mol. The number of aliphatic hydroxyl groups is 1. The van der Waals surface area contributed by atoms with E-state index in [2.05, 4.69) is 57.8 Å². The number of aliphatic carboxylic acids is 4. The molecule has 0 radical (unpaired) electrons. The van der Waals surface area contributed by atoms with Crippen LogP contribution in [0.2, 0.25) is 0 Å². The Morgan fingerprint density at radius 2 is 0.780 bits per heavy atom. The number of hydrogen-bond acceptors (Lipinski definition) is 22. The van der Waals surface area contributed by atoms with Gasteiger partial charge in [-0.25, -0.2) is 9.78 Å². The summed E-state index contributed by atoms with van der Waals surface area (Å²) in [6.45, 7) is 5.77. The van der Waals surface area contributed by atoms with E-state index >= 15 is 0 Å². The molecule has 1 aromatic heterocycles. The largest absolute Gasteiger partial charge is 0.481 e. The Kier molecular flexibility index (Phi) is 36.0. The van der Waals surface area contributed by atoms with Crippen LogP contribution in [0.15, 0.2) is 42.9 Å². The number of carboxylic acids is 4. The fourth-order valence-electron chi connectivity index (χ4n) is 9.07. The van der Waals surface area contributed by atoms with Crippen LogP contribution in [-0.4, -0.2) is 234 Å². The summed E-state index contributed by atoms with van der Waals surface area (Å²) < 4.78 is 0. The Morgan fingerprint density at radius 3 is 1.15 bits per heavy atom. The Hall–Kier alpha value is -11.2. The summed E-state index contributed by atoms with van der Waals surface area (Å²) in [6.07, 6.45) is -3.47. The van der Waals surface area contributed by atoms with Gasteiger partial charge in [0.2, 0.25) is 82.7 Å². The summed E-state index contributed by atoms with van der Waals surface area (Å²) in [5.74, 6) is -24.2. The highest BCUT2D eigenvalue weighted by molar-refractivity contribution is 6.02. The van der Waals surface area contributed by atoms with Gasteiger partial charge in [-0.15, -0.1) is 0 Å². The number of nitrogens with two attached hydrogens (primary N) is 4. The number of aromatic nitrogens is 2. The minimum absolute atomic E-state index is 0.0263.